The van der Waals surface area contributed by atoms with Crippen LogP contribution in [0.5, 0.6) is 0 Å². The minimum Gasteiger partial charge on any atom is -0.350 e. The summed E-state index contributed by atoms with van der Waals surface area (Å²) in [6, 6.07) is 0. The maximum absolute atomic E-state index is 5.57. The highest BCUT2D eigenvalue weighted by molar-refractivity contribution is 5.09. The van der Waals surface area contributed by atoms with Crippen LogP contribution < -0.4 is 0 Å². The van der Waals surface area contributed by atoms with E-state index in [1.807, 2.05) is 0 Å². The van der Waals surface area contributed by atoms with E-state index in [0.717, 1.165) is 36.9 Å². The topological polar surface area (TPSA) is 18.5 Å². The molecule has 1 saturated heterocycles. The van der Waals surface area contributed by atoms with Gasteiger partial charge in [0, 0.05) is 5.92 Å². The van der Waals surface area contributed by atoms with Crippen LogP contribution in [0.25, 0.3) is 0 Å². The van der Waals surface area contributed by atoms with Crippen molar-refractivity contribution in [1.29, 1.82) is 0 Å². The lowest BCUT2D eigenvalue weighted by atomic mass is 9.43. The molecule has 4 rings (SSSR count). The van der Waals surface area contributed by atoms with Gasteiger partial charge >= 0.3 is 0 Å². The summed E-state index contributed by atoms with van der Waals surface area (Å²) in [5, 5.41) is 0. The first-order valence-corrected chi connectivity index (χ1v) is 7.91. The Morgan fingerprint density at radius 1 is 1.16 bits per heavy atom. The Labute approximate surface area is 117 Å². The van der Waals surface area contributed by atoms with E-state index in [4.69, 9.17) is 9.47 Å². The second-order valence-electron chi connectivity index (χ2n) is 7.47. The van der Waals surface area contributed by atoms with Gasteiger partial charge in [0.2, 0.25) is 0 Å². The molecule has 2 nitrogen and oxygen atoms in total. The zero-order chi connectivity index (χ0) is 13.6. The molecule has 5 atom stereocenters. The molecule has 0 amide bonds. The number of hydrogen-bond donors (Lipinski definition) is 0. The summed E-state index contributed by atoms with van der Waals surface area (Å²) < 4.78 is 11.1. The van der Waals surface area contributed by atoms with E-state index in [1.165, 1.54) is 12.8 Å². The van der Waals surface area contributed by atoms with Crippen LogP contribution in [0.4, 0.5) is 0 Å². The average molecular weight is 264 g/mol. The third-order valence-electron chi connectivity index (χ3n) is 6.15. The first-order valence-electron chi connectivity index (χ1n) is 7.91. The van der Waals surface area contributed by atoms with Crippen molar-refractivity contribution >= 4 is 0 Å². The number of allylic oxidation sites excluding steroid dienone is 1. The number of ether oxygens (including phenoxy) is 2. The molecule has 2 heteroatoms. The van der Waals surface area contributed by atoms with Crippen molar-refractivity contribution in [1.82, 2.24) is 0 Å². The van der Waals surface area contributed by atoms with Gasteiger partial charge in [-0.05, 0) is 41.9 Å². The molecule has 0 spiro atoms. The monoisotopic (exact) mass is 264 g/mol. The number of rotatable bonds is 3. The quantitative estimate of drug-likeness (QED) is 0.720. The van der Waals surface area contributed by atoms with Crippen LogP contribution in [-0.4, -0.2) is 19.5 Å². The highest BCUT2D eigenvalue weighted by Crippen LogP contribution is 2.63. The molecule has 0 aromatic rings. The molecule has 0 aromatic carbocycles. The lowest BCUT2D eigenvalue weighted by molar-refractivity contribution is -0.118. The largest absolute Gasteiger partial charge is 0.350 e. The number of hydrogen-bond acceptors (Lipinski definition) is 2. The Hall–Kier alpha value is -0.340. The van der Waals surface area contributed by atoms with Gasteiger partial charge in [-0.15, -0.1) is 0 Å². The van der Waals surface area contributed by atoms with E-state index in [2.05, 4.69) is 39.8 Å². The molecule has 4 aliphatic rings. The van der Waals surface area contributed by atoms with Crippen LogP contribution in [0.2, 0.25) is 0 Å². The fraction of sp³-hybridized carbons (Fsp3) is 0.882. The molecule has 1 unspecified atom stereocenters. The standard InChI is InChI=1S/C17H28O2/c1-11(16-18-7-8-19-16)5-6-13-9-14-10-15(12(13)2)17(14,3)4/h5-6,11-16H,7-10H2,1-4H3/b6-5-/t11?,12-,13-,14+,15+/m0/s1. The molecule has 0 radical (unpaired) electrons. The minimum atomic E-state index is -0.0128. The number of fused-ring (bicyclic) bond motifs is 2. The Morgan fingerprint density at radius 3 is 2.42 bits per heavy atom. The fourth-order valence-corrected chi connectivity index (χ4v) is 4.53. The summed E-state index contributed by atoms with van der Waals surface area (Å²) in [5.74, 6) is 3.84. The summed E-state index contributed by atoms with van der Waals surface area (Å²) in [6.45, 7) is 11.1. The first kappa shape index (κ1) is 13.6. The fourth-order valence-electron chi connectivity index (χ4n) is 4.53. The summed E-state index contributed by atoms with van der Waals surface area (Å²) in [6.07, 6.45) is 7.61. The predicted octanol–water partition coefficient (Wildman–Crippen LogP) is 3.87. The molecule has 3 aliphatic carbocycles. The summed E-state index contributed by atoms with van der Waals surface area (Å²) in [5.41, 5.74) is 0.590. The lowest BCUT2D eigenvalue weighted by Crippen LogP contribution is -2.54. The van der Waals surface area contributed by atoms with Crippen molar-refractivity contribution < 1.29 is 9.47 Å². The molecule has 3 saturated carbocycles. The molecular formula is C17H28O2. The molecule has 19 heavy (non-hydrogen) atoms. The normalized spacial score (nSPS) is 43.4. The SMILES string of the molecule is CC(/C=C\[C@H]1C[C@@H]2C[C@H]([C@H]1C)C2(C)C)C1OCCO1. The zero-order valence-electron chi connectivity index (χ0n) is 12.8. The lowest BCUT2D eigenvalue weighted by Gasteiger charge is -2.61. The van der Waals surface area contributed by atoms with E-state index in [0.29, 0.717) is 11.3 Å². The van der Waals surface area contributed by atoms with E-state index in [1.54, 1.807) is 0 Å². The van der Waals surface area contributed by atoms with E-state index in [-0.39, 0.29) is 6.29 Å². The third-order valence-corrected chi connectivity index (χ3v) is 6.15. The molecule has 108 valence electrons. The second-order valence-corrected chi connectivity index (χ2v) is 7.47. The third kappa shape index (κ3) is 2.27. The van der Waals surface area contributed by atoms with Crippen molar-refractivity contribution in [3.05, 3.63) is 12.2 Å². The smallest absolute Gasteiger partial charge is 0.163 e. The second kappa shape index (κ2) is 4.89. The Kier molecular flexibility index (Phi) is 3.51. The molecule has 2 bridgehead atoms. The van der Waals surface area contributed by atoms with Crippen molar-refractivity contribution in [3.8, 4) is 0 Å². The zero-order valence-corrected chi connectivity index (χ0v) is 12.8. The summed E-state index contributed by atoms with van der Waals surface area (Å²) in [7, 11) is 0. The van der Waals surface area contributed by atoms with E-state index >= 15 is 0 Å². The summed E-state index contributed by atoms with van der Waals surface area (Å²) in [4.78, 5) is 0. The van der Waals surface area contributed by atoms with Crippen LogP contribution in [0, 0.1) is 35.0 Å². The van der Waals surface area contributed by atoms with Gasteiger partial charge in [0.25, 0.3) is 0 Å². The first-order chi connectivity index (χ1) is 9.00. The van der Waals surface area contributed by atoms with Crippen LogP contribution in [0.3, 0.4) is 0 Å². The van der Waals surface area contributed by atoms with Crippen LogP contribution in [0.1, 0.15) is 40.5 Å². The van der Waals surface area contributed by atoms with Gasteiger partial charge in [0.05, 0.1) is 13.2 Å². The Morgan fingerprint density at radius 2 is 1.84 bits per heavy atom. The van der Waals surface area contributed by atoms with Crippen molar-refractivity contribution in [2.75, 3.05) is 13.2 Å². The molecule has 1 aliphatic heterocycles. The van der Waals surface area contributed by atoms with Crippen molar-refractivity contribution in [2.45, 2.75) is 46.8 Å². The highest BCUT2D eigenvalue weighted by atomic mass is 16.7. The van der Waals surface area contributed by atoms with Crippen LogP contribution in [-0.2, 0) is 9.47 Å². The van der Waals surface area contributed by atoms with E-state index in [9.17, 15) is 0 Å². The molecule has 4 fully saturated rings. The maximum Gasteiger partial charge on any atom is 0.163 e. The van der Waals surface area contributed by atoms with Crippen LogP contribution in [0.15, 0.2) is 12.2 Å². The molecule has 0 aromatic heterocycles. The van der Waals surface area contributed by atoms with Crippen LogP contribution >= 0.6 is 0 Å². The average Bonchev–Trinajstić information content (AvgIpc) is 2.90. The van der Waals surface area contributed by atoms with Gasteiger partial charge in [-0.3, -0.25) is 0 Å². The van der Waals surface area contributed by atoms with Gasteiger partial charge in [-0.2, -0.15) is 0 Å². The van der Waals surface area contributed by atoms with Gasteiger partial charge in [-0.1, -0.05) is 39.8 Å². The molecular weight excluding hydrogens is 236 g/mol. The molecule has 1 heterocycles. The van der Waals surface area contributed by atoms with Gasteiger partial charge in [0.15, 0.2) is 6.29 Å². The highest BCUT2D eigenvalue weighted by Gasteiger charge is 2.55. The van der Waals surface area contributed by atoms with E-state index < -0.39 is 0 Å². The van der Waals surface area contributed by atoms with Gasteiger partial charge in [0.1, 0.15) is 0 Å². The van der Waals surface area contributed by atoms with Gasteiger partial charge in [-0.25, -0.2) is 0 Å². The summed E-state index contributed by atoms with van der Waals surface area (Å²) >= 11 is 0. The van der Waals surface area contributed by atoms with Crippen molar-refractivity contribution in [2.24, 2.45) is 35.0 Å². The van der Waals surface area contributed by atoms with Crippen molar-refractivity contribution in [3.63, 3.8) is 0 Å². The maximum atomic E-state index is 5.57. The molecule has 0 N–H and O–H groups in total. The Balaban J connectivity index is 1.59. The minimum absolute atomic E-state index is 0.0128. The van der Waals surface area contributed by atoms with Gasteiger partial charge < -0.3 is 9.47 Å². The predicted molar refractivity (Wildman–Crippen MR) is 76.6 cm³/mol. The Bertz CT molecular complexity index is 354.